The Hall–Kier alpha value is -4.27. The average molecular weight is 575 g/mol. The van der Waals surface area contributed by atoms with Gasteiger partial charge in [0.2, 0.25) is 0 Å². The van der Waals surface area contributed by atoms with Crippen molar-refractivity contribution < 1.29 is 22.7 Å². The van der Waals surface area contributed by atoms with Crippen molar-refractivity contribution in [1.82, 2.24) is 5.32 Å². The van der Waals surface area contributed by atoms with Crippen LogP contribution in [0, 0.1) is 0 Å². The standard InChI is InChI=1S/C31H27ClN2O5S/c1-38-25-13-8-14-26(20-25)39-18-17-33-31(35)30-29(23-11-6-3-7-12-23)27-19-24(32)15-16-28(27)34(40(30,36)37)21-22-9-4-2-5-10-22/h2-16,19-20H,17-18,21H2,1H3,(H,33,35). The van der Waals surface area contributed by atoms with Gasteiger partial charge in [-0.2, -0.15) is 0 Å². The van der Waals surface area contributed by atoms with Gasteiger partial charge in [-0.3, -0.25) is 9.10 Å². The van der Waals surface area contributed by atoms with Gasteiger partial charge in [0.05, 0.1) is 25.9 Å². The third-order valence-corrected chi connectivity index (χ3v) is 8.45. The number of benzene rings is 4. The SMILES string of the molecule is COc1cccc(OCCNC(=O)C2=C(c3ccccc3)c3cc(Cl)ccc3N(Cc3ccccc3)S2(=O)=O)c1. The minimum atomic E-state index is -4.28. The van der Waals surface area contributed by atoms with Crippen molar-refractivity contribution in [1.29, 1.82) is 0 Å². The van der Waals surface area contributed by atoms with Crippen LogP contribution in [-0.4, -0.2) is 34.6 Å². The third kappa shape index (κ3) is 5.68. The first-order valence-corrected chi connectivity index (χ1v) is 14.4. The molecule has 0 fully saturated rings. The Morgan fingerprint density at radius 1 is 0.875 bits per heavy atom. The van der Waals surface area contributed by atoms with E-state index in [1.165, 1.54) is 4.31 Å². The van der Waals surface area contributed by atoms with E-state index in [4.69, 9.17) is 21.1 Å². The molecule has 7 nitrogen and oxygen atoms in total. The summed E-state index contributed by atoms with van der Waals surface area (Å²) in [5.41, 5.74) is 2.68. The lowest BCUT2D eigenvalue weighted by atomic mass is 9.95. The fraction of sp³-hybridized carbons (Fsp3) is 0.129. The average Bonchev–Trinajstić information content (AvgIpc) is 2.97. The summed E-state index contributed by atoms with van der Waals surface area (Å²) in [4.78, 5) is 13.4. The van der Waals surface area contributed by atoms with Gasteiger partial charge in [0, 0.05) is 22.2 Å². The molecule has 4 aromatic rings. The summed E-state index contributed by atoms with van der Waals surface area (Å²) in [5, 5.41) is 3.17. The zero-order valence-electron chi connectivity index (χ0n) is 21.7. The van der Waals surface area contributed by atoms with Crippen LogP contribution in [-0.2, 0) is 21.4 Å². The minimum Gasteiger partial charge on any atom is -0.497 e. The predicted molar refractivity (Wildman–Crippen MR) is 157 cm³/mol. The molecule has 0 radical (unpaired) electrons. The third-order valence-electron chi connectivity index (χ3n) is 6.41. The Morgan fingerprint density at radius 3 is 2.30 bits per heavy atom. The first-order chi connectivity index (χ1) is 19.4. The van der Waals surface area contributed by atoms with Gasteiger partial charge in [-0.05, 0) is 41.5 Å². The van der Waals surface area contributed by atoms with E-state index < -0.39 is 15.9 Å². The molecular formula is C31H27ClN2O5S. The Kier molecular flexibility index (Phi) is 8.09. The van der Waals surface area contributed by atoms with Gasteiger partial charge in [0.25, 0.3) is 15.9 Å². The minimum absolute atomic E-state index is 0.0512. The van der Waals surface area contributed by atoms with Gasteiger partial charge in [0.1, 0.15) is 18.1 Å². The Morgan fingerprint density at radius 2 is 1.57 bits per heavy atom. The molecule has 0 aromatic heterocycles. The number of anilines is 1. The summed E-state index contributed by atoms with van der Waals surface area (Å²) in [6, 6.07) is 30.3. The molecule has 1 amide bonds. The number of rotatable bonds is 9. The number of carbonyl (C=O) groups excluding carboxylic acids is 1. The Balaban J connectivity index is 1.53. The van der Waals surface area contributed by atoms with Crippen molar-refractivity contribution in [2.45, 2.75) is 6.54 Å². The predicted octanol–water partition coefficient (Wildman–Crippen LogP) is 5.65. The molecule has 0 saturated heterocycles. The number of sulfonamides is 1. The van der Waals surface area contributed by atoms with Gasteiger partial charge >= 0.3 is 0 Å². The maximum Gasteiger partial charge on any atom is 0.270 e. The van der Waals surface area contributed by atoms with Crippen LogP contribution in [0.2, 0.25) is 5.02 Å². The fourth-order valence-corrected chi connectivity index (χ4v) is 6.49. The van der Waals surface area contributed by atoms with Crippen molar-refractivity contribution >= 4 is 38.8 Å². The number of halogens is 1. The van der Waals surface area contributed by atoms with E-state index in [2.05, 4.69) is 5.32 Å². The number of amides is 1. The lowest BCUT2D eigenvalue weighted by molar-refractivity contribution is -0.116. The van der Waals surface area contributed by atoms with Crippen molar-refractivity contribution in [2.24, 2.45) is 0 Å². The molecule has 9 heteroatoms. The molecule has 0 spiro atoms. The topological polar surface area (TPSA) is 84.9 Å². The highest BCUT2D eigenvalue weighted by atomic mass is 35.5. The Bertz CT molecular complexity index is 1660. The van der Waals surface area contributed by atoms with E-state index in [1.54, 1.807) is 73.8 Å². The highest BCUT2D eigenvalue weighted by molar-refractivity contribution is 7.97. The van der Waals surface area contributed by atoms with Gasteiger partial charge < -0.3 is 14.8 Å². The second-order valence-electron chi connectivity index (χ2n) is 9.01. The van der Waals surface area contributed by atoms with Crippen LogP contribution in [0.5, 0.6) is 11.5 Å². The normalized spacial score (nSPS) is 13.9. The van der Waals surface area contributed by atoms with Crippen molar-refractivity contribution in [2.75, 3.05) is 24.6 Å². The second kappa shape index (κ2) is 11.9. The van der Waals surface area contributed by atoms with Crippen LogP contribution in [0.25, 0.3) is 5.57 Å². The largest absolute Gasteiger partial charge is 0.497 e. The van der Waals surface area contributed by atoms with E-state index >= 15 is 0 Å². The summed E-state index contributed by atoms with van der Waals surface area (Å²) in [7, 11) is -2.72. The van der Waals surface area contributed by atoms with Gasteiger partial charge in [-0.1, -0.05) is 78.3 Å². The van der Waals surface area contributed by atoms with E-state index in [9.17, 15) is 13.2 Å². The number of nitrogens with zero attached hydrogens (tertiary/aromatic N) is 1. The van der Waals surface area contributed by atoms with Crippen molar-refractivity contribution in [3.05, 3.63) is 130 Å². The molecule has 1 aliphatic rings. The molecule has 1 N–H and O–H groups in total. The van der Waals surface area contributed by atoms with Crippen LogP contribution in [0.1, 0.15) is 16.7 Å². The fourth-order valence-electron chi connectivity index (χ4n) is 4.56. The first-order valence-electron chi connectivity index (χ1n) is 12.6. The molecule has 1 heterocycles. The molecule has 0 bridgehead atoms. The summed E-state index contributed by atoms with van der Waals surface area (Å²) in [5.74, 6) is 0.487. The van der Waals surface area contributed by atoms with Gasteiger partial charge in [-0.25, -0.2) is 8.42 Å². The Labute approximate surface area is 238 Å². The summed E-state index contributed by atoms with van der Waals surface area (Å²) in [6.45, 7) is 0.261. The maximum absolute atomic E-state index is 14.2. The second-order valence-corrected chi connectivity index (χ2v) is 11.2. The van der Waals surface area contributed by atoms with Crippen LogP contribution < -0.4 is 19.1 Å². The molecule has 5 rings (SSSR count). The number of fused-ring (bicyclic) bond motifs is 1. The van der Waals surface area contributed by atoms with E-state index in [1.807, 2.05) is 36.4 Å². The zero-order chi connectivity index (χ0) is 28.1. The van der Waals surface area contributed by atoms with Gasteiger partial charge in [0.15, 0.2) is 4.91 Å². The first kappa shape index (κ1) is 27.3. The molecule has 0 atom stereocenters. The van der Waals surface area contributed by atoms with Gasteiger partial charge in [-0.15, -0.1) is 0 Å². The number of hydrogen-bond donors (Lipinski definition) is 1. The maximum atomic E-state index is 14.2. The summed E-state index contributed by atoms with van der Waals surface area (Å²) in [6.07, 6.45) is 0. The lowest BCUT2D eigenvalue weighted by Gasteiger charge is -2.33. The lowest BCUT2D eigenvalue weighted by Crippen LogP contribution is -2.42. The molecule has 4 aromatic carbocycles. The van der Waals surface area contributed by atoms with Crippen LogP contribution in [0.15, 0.2) is 108 Å². The zero-order valence-corrected chi connectivity index (χ0v) is 23.3. The van der Waals surface area contributed by atoms with E-state index in [0.717, 1.165) is 5.56 Å². The summed E-state index contributed by atoms with van der Waals surface area (Å²) < 4.78 is 40.7. The number of nitrogens with one attached hydrogen (secondary N) is 1. The van der Waals surface area contributed by atoms with Crippen LogP contribution >= 0.6 is 11.6 Å². The van der Waals surface area contributed by atoms with Crippen molar-refractivity contribution in [3.8, 4) is 11.5 Å². The summed E-state index contributed by atoms with van der Waals surface area (Å²) >= 11 is 6.40. The molecular weight excluding hydrogens is 548 g/mol. The van der Waals surface area contributed by atoms with Crippen LogP contribution in [0.3, 0.4) is 0 Å². The van der Waals surface area contributed by atoms with E-state index in [-0.39, 0.29) is 24.6 Å². The number of methoxy groups -OCH3 is 1. The smallest absolute Gasteiger partial charge is 0.270 e. The molecule has 40 heavy (non-hydrogen) atoms. The van der Waals surface area contributed by atoms with E-state index in [0.29, 0.717) is 38.9 Å². The quantitative estimate of drug-likeness (QED) is 0.261. The van der Waals surface area contributed by atoms with Crippen molar-refractivity contribution in [3.63, 3.8) is 0 Å². The molecule has 1 aliphatic heterocycles. The number of carbonyl (C=O) groups is 1. The molecule has 0 saturated carbocycles. The molecule has 204 valence electrons. The highest BCUT2D eigenvalue weighted by Crippen LogP contribution is 2.44. The highest BCUT2D eigenvalue weighted by Gasteiger charge is 2.41. The molecule has 0 aliphatic carbocycles. The number of ether oxygens (including phenoxy) is 2. The monoisotopic (exact) mass is 574 g/mol. The van der Waals surface area contributed by atoms with Crippen LogP contribution in [0.4, 0.5) is 5.69 Å². The molecule has 0 unspecified atom stereocenters. The number of hydrogen-bond acceptors (Lipinski definition) is 5.